The zero-order chi connectivity index (χ0) is 14.4. The number of fused-ring (bicyclic) bond motifs is 1. The van der Waals surface area contributed by atoms with E-state index in [9.17, 15) is 4.79 Å². The molecule has 6 heteroatoms. The van der Waals surface area contributed by atoms with Gasteiger partial charge in [0.2, 0.25) is 5.91 Å². The maximum Gasteiger partial charge on any atom is 0.228 e. The Bertz CT molecular complexity index is 708. The van der Waals surface area contributed by atoms with Gasteiger partial charge in [-0.1, -0.05) is 11.6 Å². The van der Waals surface area contributed by atoms with E-state index in [1.54, 1.807) is 16.8 Å². The van der Waals surface area contributed by atoms with E-state index in [1.807, 2.05) is 12.1 Å². The molecule has 1 amide bonds. The fraction of sp³-hybridized carbons (Fsp3) is 0.467. The number of carbonyl (C=O) groups excluding carboxylic acids is 1. The number of thiazole rings is 1. The fourth-order valence-electron chi connectivity index (χ4n) is 3.43. The molecule has 0 bridgehead atoms. The summed E-state index contributed by atoms with van der Waals surface area (Å²) in [5, 5.41) is 6.94. The number of hydrogen-bond acceptors (Lipinski definition) is 4. The standard InChI is InChI=1S/C15H16ClN3OS/c16-10-1-2-11-13(18-8-21-11)12(10)19-14(20)9-7-15(9)3-5-17-6-4-15/h1-2,8-9,17H,3-7H2,(H,19,20). The largest absolute Gasteiger partial charge is 0.323 e. The second-order valence-corrected chi connectivity index (χ2v) is 7.27. The molecular formula is C15H16ClN3OS. The first-order valence-electron chi connectivity index (χ1n) is 7.23. The van der Waals surface area contributed by atoms with Gasteiger partial charge in [-0.2, -0.15) is 0 Å². The highest BCUT2D eigenvalue weighted by atomic mass is 35.5. The van der Waals surface area contributed by atoms with Gasteiger partial charge in [0, 0.05) is 5.92 Å². The lowest BCUT2D eigenvalue weighted by Gasteiger charge is -2.23. The number of anilines is 1. The molecule has 1 aliphatic heterocycles. The van der Waals surface area contributed by atoms with Crippen LogP contribution in [0.2, 0.25) is 5.02 Å². The van der Waals surface area contributed by atoms with Crippen LogP contribution in [0.4, 0.5) is 5.69 Å². The van der Waals surface area contributed by atoms with E-state index >= 15 is 0 Å². The third kappa shape index (κ3) is 2.24. The molecule has 1 atom stereocenters. The average molecular weight is 322 g/mol. The van der Waals surface area contributed by atoms with Gasteiger partial charge in [-0.05, 0) is 49.9 Å². The Morgan fingerprint density at radius 3 is 3.05 bits per heavy atom. The summed E-state index contributed by atoms with van der Waals surface area (Å²) >= 11 is 7.80. The van der Waals surface area contributed by atoms with Crippen LogP contribution in [0.15, 0.2) is 17.6 Å². The summed E-state index contributed by atoms with van der Waals surface area (Å²) in [7, 11) is 0. The lowest BCUT2D eigenvalue weighted by atomic mass is 9.92. The van der Waals surface area contributed by atoms with Crippen LogP contribution < -0.4 is 10.6 Å². The van der Waals surface area contributed by atoms with Crippen molar-refractivity contribution in [3.05, 3.63) is 22.7 Å². The molecule has 4 nitrogen and oxygen atoms in total. The molecule has 0 radical (unpaired) electrons. The maximum atomic E-state index is 12.6. The number of benzene rings is 1. The van der Waals surface area contributed by atoms with Gasteiger partial charge in [0.1, 0.15) is 5.52 Å². The zero-order valence-corrected chi connectivity index (χ0v) is 13.1. The van der Waals surface area contributed by atoms with Crippen LogP contribution in [0, 0.1) is 11.3 Å². The van der Waals surface area contributed by atoms with Crippen molar-refractivity contribution >= 4 is 44.7 Å². The Labute approximate surface area is 131 Å². The monoisotopic (exact) mass is 321 g/mol. The number of nitrogens with one attached hydrogen (secondary N) is 2. The molecule has 110 valence electrons. The first-order valence-corrected chi connectivity index (χ1v) is 8.49. The van der Waals surface area contributed by atoms with Crippen molar-refractivity contribution in [3.8, 4) is 0 Å². The van der Waals surface area contributed by atoms with E-state index in [0.29, 0.717) is 10.7 Å². The average Bonchev–Trinajstić information content (AvgIpc) is 2.97. The molecule has 1 saturated carbocycles. The number of halogens is 1. The Morgan fingerprint density at radius 2 is 2.24 bits per heavy atom. The van der Waals surface area contributed by atoms with Gasteiger partial charge in [0.25, 0.3) is 0 Å². The maximum absolute atomic E-state index is 12.6. The van der Waals surface area contributed by atoms with Gasteiger partial charge in [-0.3, -0.25) is 4.79 Å². The van der Waals surface area contributed by atoms with Gasteiger partial charge in [0.05, 0.1) is 20.9 Å². The van der Waals surface area contributed by atoms with Crippen molar-refractivity contribution < 1.29 is 4.79 Å². The minimum Gasteiger partial charge on any atom is -0.323 e. The van der Waals surface area contributed by atoms with Crippen LogP contribution in [0.1, 0.15) is 19.3 Å². The van der Waals surface area contributed by atoms with E-state index in [1.165, 1.54) is 0 Å². The highest BCUT2D eigenvalue weighted by molar-refractivity contribution is 7.16. The molecule has 2 fully saturated rings. The third-order valence-electron chi connectivity index (χ3n) is 4.81. The first-order chi connectivity index (χ1) is 10.2. The fourth-order valence-corrected chi connectivity index (χ4v) is 4.32. The third-order valence-corrected chi connectivity index (χ3v) is 5.91. The number of carbonyl (C=O) groups is 1. The highest BCUT2D eigenvalue weighted by Gasteiger charge is 2.57. The summed E-state index contributed by atoms with van der Waals surface area (Å²) in [6, 6.07) is 3.77. The number of amides is 1. The van der Waals surface area contributed by atoms with E-state index in [-0.39, 0.29) is 17.2 Å². The Morgan fingerprint density at radius 1 is 1.43 bits per heavy atom. The van der Waals surface area contributed by atoms with Gasteiger partial charge in [0.15, 0.2) is 0 Å². The Kier molecular flexibility index (Phi) is 3.17. The lowest BCUT2D eigenvalue weighted by Crippen LogP contribution is -2.31. The van der Waals surface area contributed by atoms with E-state index < -0.39 is 0 Å². The highest BCUT2D eigenvalue weighted by Crippen LogP contribution is 2.59. The summed E-state index contributed by atoms with van der Waals surface area (Å²) in [5.74, 6) is 0.226. The number of aromatic nitrogens is 1. The van der Waals surface area contributed by atoms with E-state index in [2.05, 4.69) is 15.6 Å². The molecule has 1 aliphatic carbocycles. The predicted octanol–water partition coefficient (Wildman–Crippen LogP) is 3.28. The molecule has 2 aliphatic rings. The van der Waals surface area contributed by atoms with Gasteiger partial charge >= 0.3 is 0 Å². The molecule has 2 N–H and O–H groups in total. The van der Waals surface area contributed by atoms with Crippen molar-refractivity contribution in [2.45, 2.75) is 19.3 Å². The summed E-state index contributed by atoms with van der Waals surface area (Å²) < 4.78 is 1.04. The minimum atomic E-state index is 0.0966. The molecule has 1 spiro atoms. The summed E-state index contributed by atoms with van der Waals surface area (Å²) in [4.78, 5) is 16.9. The van der Waals surface area contributed by atoms with Crippen LogP contribution in [-0.2, 0) is 4.79 Å². The van der Waals surface area contributed by atoms with Crippen LogP contribution in [0.3, 0.4) is 0 Å². The second-order valence-electron chi connectivity index (χ2n) is 5.98. The molecule has 4 rings (SSSR count). The topological polar surface area (TPSA) is 54.0 Å². The molecule has 2 aromatic rings. The predicted molar refractivity (Wildman–Crippen MR) is 85.9 cm³/mol. The van der Waals surface area contributed by atoms with Crippen LogP contribution in [0.5, 0.6) is 0 Å². The molecule has 2 heterocycles. The molecular weight excluding hydrogens is 306 g/mol. The zero-order valence-electron chi connectivity index (χ0n) is 11.5. The lowest BCUT2D eigenvalue weighted by molar-refractivity contribution is -0.118. The van der Waals surface area contributed by atoms with Crippen LogP contribution in [-0.4, -0.2) is 24.0 Å². The van der Waals surface area contributed by atoms with Crippen LogP contribution in [0.25, 0.3) is 10.2 Å². The quantitative estimate of drug-likeness (QED) is 0.892. The summed E-state index contributed by atoms with van der Waals surface area (Å²) in [5.41, 5.74) is 3.47. The Hall–Kier alpha value is -1.17. The number of piperidine rings is 1. The first kappa shape index (κ1) is 13.5. The summed E-state index contributed by atoms with van der Waals surface area (Å²) in [6.45, 7) is 2.04. The molecule has 1 aromatic heterocycles. The van der Waals surface area contributed by atoms with Crippen molar-refractivity contribution in [2.24, 2.45) is 11.3 Å². The van der Waals surface area contributed by atoms with Gasteiger partial charge < -0.3 is 10.6 Å². The van der Waals surface area contributed by atoms with E-state index in [0.717, 1.165) is 42.6 Å². The van der Waals surface area contributed by atoms with Crippen LogP contribution >= 0.6 is 22.9 Å². The van der Waals surface area contributed by atoms with Crippen molar-refractivity contribution in [3.63, 3.8) is 0 Å². The van der Waals surface area contributed by atoms with Crippen molar-refractivity contribution in [1.82, 2.24) is 10.3 Å². The van der Waals surface area contributed by atoms with Gasteiger partial charge in [-0.15, -0.1) is 11.3 Å². The SMILES string of the molecule is O=C(Nc1c(Cl)ccc2scnc12)C1CC12CCNCC2. The minimum absolute atomic E-state index is 0.0966. The number of hydrogen-bond donors (Lipinski definition) is 2. The Balaban J connectivity index is 1.57. The normalized spacial score (nSPS) is 23.4. The summed E-state index contributed by atoms with van der Waals surface area (Å²) in [6.07, 6.45) is 3.20. The number of nitrogens with zero attached hydrogens (tertiary/aromatic N) is 1. The smallest absolute Gasteiger partial charge is 0.228 e. The molecule has 1 unspecified atom stereocenters. The molecule has 21 heavy (non-hydrogen) atoms. The van der Waals surface area contributed by atoms with Crippen molar-refractivity contribution in [1.29, 1.82) is 0 Å². The van der Waals surface area contributed by atoms with Crippen molar-refractivity contribution in [2.75, 3.05) is 18.4 Å². The van der Waals surface area contributed by atoms with E-state index in [4.69, 9.17) is 11.6 Å². The molecule has 1 aromatic carbocycles. The van der Waals surface area contributed by atoms with Gasteiger partial charge in [-0.25, -0.2) is 4.98 Å². The second kappa shape index (κ2) is 4.93. The molecule has 1 saturated heterocycles. The number of rotatable bonds is 2.